The summed E-state index contributed by atoms with van der Waals surface area (Å²) < 4.78 is 0. The fourth-order valence-corrected chi connectivity index (χ4v) is 3.32. The summed E-state index contributed by atoms with van der Waals surface area (Å²) in [5, 5.41) is 8.49. The Morgan fingerprint density at radius 2 is 2.00 bits per heavy atom. The zero-order valence-electron chi connectivity index (χ0n) is 11.7. The highest BCUT2D eigenvalue weighted by molar-refractivity contribution is 6.30. The first-order chi connectivity index (χ1) is 9.65. The lowest BCUT2D eigenvalue weighted by atomic mass is 9.83. The Morgan fingerprint density at radius 1 is 1.25 bits per heavy atom. The highest BCUT2D eigenvalue weighted by Gasteiger charge is 2.24. The predicted molar refractivity (Wildman–Crippen MR) is 83.0 cm³/mol. The SMILES string of the molecule is Cc1c(-c2cccc(Cl)c2)n[nH]c1C1CCC(N)CC1. The molecule has 1 aliphatic rings. The van der Waals surface area contributed by atoms with E-state index in [-0.39, 0.29) is 0 Å². The number of H-pyrrole nitrogens is 1. The van der Waals surface area contributed by atoms with Crippen LogP contribution >= 0.6 is 11.6 Å². The highest BCUT2D eigenvalue weighted by atomic mass is 35.5. The summed E-state index contributed by atoms with van der Waals surface area (Å²) in [6, 6.07) is 8.24. The van der Waals surface area contributed by atoms with Gasteiger partial charge in [-0.1, -0.05) is 23.7 Å². The van der Waals surface area contributed by atoms with E-state index in [1.165, 1.54) is 11.3 Å². The molecule has 0 aliphatic heterocycles. The van der Waals surface area contributed by atoms with Crippen LogP contribution in [0.3, 0.4) is 0 Å². The molecule has 1 saturated carbocycles. The van der Waals surface area contributed by atoms with Gasteiger partial charge in [0, 0.05) is 28.2 Å². The number of halogens is 1. The topological polar surface area (TPSA) is 54.7 Å². The Hall–Kier alpha value is -1.32. The number of hydrogen-bond donors (Lipinski definition) is 2. The number of nitrogens with two attached hydrogens (primary N) is 1. The van der Waals surface area contributed by atoms with Crippen LogP contribution in [0.2, 0.25) is 5.02 Å². The van der Waals surface area contributed by atoms with Gasteiger partial charge in [0.05, 0.1) is 5.69 Å². The molecular weight excluding hydrogens is 270 g/mol. The van der Waals surface area contributed by atoms with E-state index < -0.39 is 0 Å². The van der Waals surface area contributed by atoms with Gasteiger partial charge < -0.3 is 5.73 Å². The van der Waals surface area contributed by atoms with Crippen LogP contribution in [-0.4, -0.2) is 16.2 Å². The zero-order chi connectivity index (χ0) is 14.1. The molecule has 1 aromatic carbocycles. The molecule has 106 valence electrons. The Bertz CT molecular complexity index is 598. The first-order valence-corrected chi connectivity index (χ1v) is 7.59. The van der Waals surface area contributed by atoms with E-state index in [1.54, 1.807) is 0 Å². The molecule has 0 atom stereocenters. The third-order valence-electron chi connectivity index (χ3n) is 4.33. The van der Waals surface area contributed by atoms with E-state index >= 15 is 0 Å². The molecule has 1 fully saturated rings. The van der Waals surface area contributed by atoms with Crippen LogP contribution in [0, 0.1) is 6.92 Å². The quantitative estimate of drug-likeness (QED) is 0.877. The second-order valence-corrected chi connectivity index (χ2v) is 6.17. The molecule has 3 N–H and O–H groups in total. The third kappa shape index (κ3) is 2.60. The van der Waals surface area contributed by atoms with Crippen LogP contribution in [-0.2, 0) is 0 Å². The lowest BCUT2D eigenvalue weighted by Crippen LogP contribution is -2.26. The maximum atomic E-state index is 6.07. The minimum atomic E-state index is 0.377. The van der Waals surface area contributed by atoms with Crippen LogP contribution in [0.5, 0.6) is 0 Å². The molecule has 20 heavy (non-hydrogen) atoms. The van der Waals surface area contributed by atoms with Crippen molar-refractivity contribution in [1.82, 2.24) is 10.2 Å². The summed E-state index contributed by atoms with van der Waals surface area (Å²) in [6.07, 6.45) is 4.52. The minimum absolute atomic E-state index is 0.377. The van der Waals surface area contributed by atoms with Gasteiger partial charge in [-0.3, -0.25) is 5.10 Å². The molecule has 4 heteroatoms. The molecule has 1 aliphatic carbocycles. The van der Waals surface area contributed by atoms with Gasteiger partial charge >= 0.3 is 0 Å². The lowest BCUT2D eigenvalue weighted by Gasteiger charge is -2.25. The van der Waals surface area contributed by atoms with Crippen LogP contribution < -0.4 is 5.73 Å². The molecule has 0 radical (unpaired) electrons. The van der Waals surface area contributed by atoms with Crippen molar-refractivity contribution in [3.05, 3.63) is 40.5 Å². The van der Waals surface area contributed by atoms with Crippen LogP contribution in [0.25, 0.3) is 11.3 Å². The largest absolute Gasteiger partial charge is 0.328 e. The van der Waals surface area contributed by atoms with Crippen molar-refractivity contribution in [3.8, 4) is 11.3 Å². The summed E-state index contributed by atoms with van der Waals surface area (Å²) in [7, 11) is 0. The maximum absolute atomic E-state index is 6.07. The molecule has 1 heterocycles. The van der Waals surface area contributed by atoms with Crippen LogP contribution in [0.1, 0.15) is 42.9 Å². The zero-order valence-corrected chi connectivity index (χ0v) is 12.5. The Morgan fingerprint density at radius 3 is 2.70 bits per heavy atom. The molecule has 3 rings (SSSR count). The van der Waals surface area contributed by atoms with Gasteiger partial charge in [0.1, 0.15) is 0 Å². The van der Waals surface area contributed by atoms with Gasteiger partial charge in [-0.05, 0) is 50.3 Å². The number of nitrogens with zero attached hydrogens (tertiary/aromatic N) is 1. The second-order valence-electron chi connectivity index (χ2n) is 5.73. The first-order valence-electron chi connectivity index (χ1n) is 7.21. The Balaban J connectivity index is 1.89. The smallest absolute Gasteiger partial charge is 0.0953 e. The van der Waals surface area contributed by atoms with Crippen molar-refractivity contribution in [1.29, 1.82) is 0 Å². The minimum Gasteiger partial charge on any atom is -0.328 e. The Kier molecular flexibility index (Phi) is 3.81. The van der Waals surface area contributed by atoms with Gasteiger partial charge in [0.2, 0.25) is 0 Å². The normalized spacial score (nSPS) is 22.9. The monoisotopic (exact) mass is 289 g/mol. The average Bonchev–Trinajstić information content (AvgIpc) is 2.82. The van der Waals surface area contributed by atoms with Crippen molar-refractivity contribution in [2.45, 2.75) is 44.6 Å². The van der Waals surface area contributed by atoms with Crippen molar-refractivity contribution in [3.63, 3.8) is 0 Å². The van der Waals surface area contributed by atoms with Gasteiger partial charge in [0.15, 0.2) is 0 Å². The third-order valence-corrected chi connectivity index (χ3v) is 4.56. The summed E-state index contributed by atoms with van der Waals surface area (Å²) in [5.74, 6) is 0.565. The van der Waals surface area contributed by atoms with E-state index in [1.807, 2.05) is 18.2 Å². The summed E-state index contributed by atoms with van der Waals surface area (Å²) >= 11 is 6.07. The first kappa shape index (κ1) is 13.7. The van der Waals surface area contributed by atoms with Crippen molar-refractivity contribution >= 4 is 11.6 Å². The molecule has 0 unspecified atom stereocenters. The molecule has 0 bridgehead atoms. The molecule has 0 spiro atoms. The molecule has 0 saturated heterocycles. The molecule has 3 nitrogen and oxygen atoms in total. The number of rotatable bonds is 2. The maximum Gasteiger partial charge on any atom is 0.0953 e. The van der Waals surface area contributed by atoms with E-state index in [2.05, 4.69) is 23.2 Å². The fourth-order valence-electron chi connectivity index (χ4n) is 3.13. The van der Waals surface area contributed by atoms with E-state index in [0.717, 1.165) is 42.0 Å². The number of benzene rings is 1. The number of aromatic amines is 1. The summed E-state index contributed by atoms with van der Waals surface area (Å²) in [6.45, 7) is 2.14. The molecular formula is C16H20ClN3. The molecule has 2 aromatic rings. The van der Waals surface area contributed by atoms with Crippen molar-refractivity contribution in [2.75, 3.05) is 0 Å². The summed E-state index contributed by atoms with van der Waals surface area (Å²) in [4.78, 5) is 0. The van der Waals surface area contributed by atoms with Crippen molar-refractivity contribution in [2.24, 2.45) is 5.73 Å². The van der Waals surface area contributed by atoms with Crippen molar-refractivity contribution < 1.29 is 0 Å². The predicted octanol–water partition coefficient (Wildman–Crippen LogP) is 4.02. The van der Waals surface area contributed by atoms with Crippen LogP contribution in [0.4, 0.5) is 0 Å². The molecule has 0 amide bonds. The molecule has 1 aromatic heterocycles. The van der Waals surface area contributed by atoms with E-state index in [4.69, 9.17) is 17.3 Å². The van der Waals surface area contributed by atoms with Gasteiger partial charge in [0.25, 0.3) is 0 Å². The fraction of sp³-hybridized carbons (Fsp3) is 0.438. The lowest BCUT2D eigenvalue weighted by molar-refractivity contribution is 0.389. The average molecular weight is 290 g/mol. The second kappa shape index (κ2) is 5.58. The highest BCUT2D eigenvalue weighted by Crippen LogP contribution is 2.35. The van der Waals surface area contributed by atoms with Gasteiger partial charge in [-0.15, -0.1) is 0 Å². The van der Waals surface area contributed by atoms with Gasteiger partial charge in [-0.2, -0.15) is 5.10 Å². The number of nitrogens with one attached hydrogen (secondary N) is 1. The van der Waals surface area contributed by atoms with Crippen LogP contribution in [0.15, 0.2) is 24.3 Å². The summed E-state index contributed by atoms with van der Waals surface area (Å²) in [5.41, 5.74) is 10.6. The van der Waals surface area contributed by atoms with Gasteiger partial charge in [-0.25, -0.2) is 0 Å². The standard InChI is InChI=1S/C16H20ClN3/c1-10-15(11-5-7-14(18)8-6-11)19-20-16(10)12-3-2-4-13(17)9-12/h2-4,9,11,14H,5-8,18H2,1H3,(H,19,20). The number of aromatic nitrogens is 2. The number of hydrogen-bond acceptors (Lipinski definition) is 2. The van der Waals surface area contributed by atoms with E-state index in [9.17, 15) is 0 Å². The Labute approximate surface area is 124 Å². The van der Waals surface area contributed by atoms with E-state index in [0.29, 0.717) is 12.0 Å².